The van der Waals surface area contributed by atoms with Crippen molar-refractivity contribution in [1.29, 1.82) is 0 Å². The van der Waals surface area contributed by atoms with Crippen LogP contribution in [0.4, 0.5) is 14.9 Å². The zero-order valence-corrected chi connectivity index (χ0v) is 16.5. The van der Waals surface area contributed by atoms with Gasteiger partial charge in [-0.15, -0.1) is 0 Å². The molecule has 2 aliphatic rings. The van der Waals surface area contributed by atoms with E-state index < -0.39 is 0 Å². The average Bonchev–Trinajstić information content (AvgIpc) is 3.30. The Balaban J connectivity index is 1.58. The smallest absolute Gasteiger partial charge is 0.293 e. The molecule has 144 valence electrons. The molecule has 2 heterocycles. The minimum Gasteiger partial charge on any atom is -0.369 e. The van der Waals surface area contributed by atoms with E-state index in [4.69, 9.17) is 0 Å². The van der Waals surface area contributed by atoms with Crippen LogP contribution in [-0.4, -0.2) is 29.1 Å². The summed E-state index contributed by atoms with van der Waals surface area (Å²) in [6.45, 7) is 3.88. The third-order valence-electron chi connectivity index (χ3n) is 5.13. The van der Waals surface area contributed by atoms with Gasteiger partial charge in [-0.25, -0.2) is 4.39 Å². The molecular weight excluding hydrogens is 375 g/mol. The molecule has 0 aliphatic carbocycles. The van der Waals surface area contributed by atoms with Gasteiger partial charge in [-0.1, -0.05) is 30.3 Å². The van der Waals surface area contributed by atoms with Crippen molar-refractivity contribution in [1.82, 2.24) is 4.90 Å². The summed E-state index contributed by atoms with van der Waals surface area (Å²) in [7, 11) is 0. The molecule has 2 aromatic rings. The quantitative estimate of drug-likeness (QED) is 0.684. The molecule has 2 saturated heterocycles. The first kappa shape index (κ1) is 18.7. The van der Waals surface area contributed by atoms with Crippen molar-refractivity contribution in [3.63, 3.8) is 0 Å². The number of rotatable bonds is 4. The number of benzene rings is 2. The van der Waals surface area contributed by atoms with E-state index in [-0.39, 0.29) is 23.5 Å². The molecule has 28 heavy (non-hydrogen) atoms. The highest BCUT2D eigenvalue weighted by molar-refractivity contribution is 8.18. The van der Waals surface area contributed by atoms with Crippen LogP contribution in [-0.2, 0) is 11.3 Å². The Labute approximate surface area is 168 Å². The van der Waals surface area contributed by atoms with E-state index >= 15 is 0 Å². The van der Waals surface area contributed by atoms with Gasteiger partial charge in [0, 0.05) is 13.1 Å². The van der Waals surface area contributed by atoms with Gasteiger partial charge in [-0.3, -0.25) is 14.5 Å². The monoisotopic (exact) mass is 396 g/mol. The van der Waals surface area contributed by atoms with E-state index in [9.17, 15) is 14.0 Å². The number of carbonyl (C=O) groups excluding carboxylic acids is 2. The van der Waals surface area contributed by atoms with Crippen LogP contribution in [0, 0.1) is 12.7 Å². The van der Waals surface area contributed by atoms with E-state index in [1.807, 2.05) is 43.3 Å². The molecule has 0 unspecified atom stereocenters. The topological polar surface area (TPSA) is 40.6 Å². The van der Waals surface area contributed by atoms with Crippen molar-refractivity contribution in [2.24, 2.45) is 0 Å². The van der Waals surface area contributed by atoms with E-state index in [0.717, 1.165) is 48.8 Å². The third kappa shape index (κ3) is 3.69. The van der Waals surface area contributed by atoms with Gasteiger partial charge in [0.15, 0.2) is 0 Å². The lowest BCUT2D eigenvalue weighted by Crippen LogP contribution is -2.27. The Bertz CT molecular complexity index is 953. The molecule has 0 radical (unpaired) electrons. The van der Waals surface area contributed by atoms with Crippen LogP contribution in [0.25, 0.3) is 6.08 Å². The lowest BCUT2D eigenvalue weighted by atomic mass is 10.1. The van der Waals surface area contributed by atoms with Crippen molar-refractivity contribution in [2.75, 3.05) is 18.0 Å². The Morgan fingerprint density at radius 2 is 1.82 bits per heavy atom. The Hall–Kier alpha value is -2.60. The maximum Gasteiger partial charge on any atom is 0.293 e. The first-order chi connectivity index (χ1) is 13.5. The third-order valence-corrected chi connectivity index (χ3v) is 6.03. The fourth-order valence-electron chi connectivity index (χ4n) is 3.58. The second kappa shape index (κ2) is 7.80. The van der Waals surface area contributed by atoms with E-state index in [2.05, 4.69) is 4.90 Å². The summed E-state index contributed by atoms with van der Waals surface area (Å²) >= 11 is 0.906. The zero-order valence-electron chi connectivity index (χ0n) is 15.7. The molecule has 2 fully saturated rings. The van der Waals surface area contributed by atoms with Crippen LogP contribution in [0.1, 0.15) is 29.5 Å². The molecule has 2 aliphatic heterocycles. The summed E-state index contributed by atoms with van der Waals surface area (Å²) in [6, 6.07) is 12.7. The Morgan fingerprint density at radius 3 is 2.54 bits per heavy atom. The Morgan fingerprint density at radius 1 is 1.11 bits per heavy atom. The summed E-state index contributed by atoms with van der Waals surface area (Å²) in [6.07, 6.45) is 3.78. The largest absolute Gasteiger partial charge is 0.369 e. The highest BCUT2D eigenvalue weighted by Gasteiger charge is 2.35. The highest BCUT2D eigenvalue weighted by Crippen LogP contribution is 2.35. The fourth-order valence-corrected chi connectivity index (χ4v) is 4.41. The van der Waals surface area contributed by atoms with Crippen LogP contribution in [0.2, 0.25) is 0 Å². The van der Waals surface area contributed by atoms with Gasteiger partial charge in [0.2, 0.25) is 0 Å². The molecule has 0 saturated carbocycles. The molecule has 2 aromatic carbocycles. The van der Waals surface area contributed by atoms with Gasteiger partial charge in [-0.05, 0) is 66.4 Å². The number of amides is 2. The molecule has 2 amide bonds. The summed E-state index contributed by atoms with van der Waals surface area (Å²) in [5.74, 6) is -0.621. The van der Waals surface area contributed by atoms with Gasteiger partial charge in [0.1, 0.15) is 5.82 Å². The summed E-state index contributed by atoms with van der Waals surface area (Å²) < 4.78 is 14.7. The van der Waals surface area contributed by atoms with Crippen molar-refractivity contribution < 1.29 is 14.0 Å². The number of nitrogens with zero attached hydrogens (tertiary/aromatic N) is 2. The van der Waals surface area contributed by atoms with Gasteiger partial charge in [0.05, 0.1) is 17.1 Å². The second-order valence-electron chi connectivity index (χ2n) is 7.11. The maximum absolute atomic E-state index is 14.7. The molecule has 0 atom stereocenters. The van der Waals surface area contributed by atoms with Crippen LogP contribution >= 0.6 is 11.8 Å². The van der Waals surface area contributed by atoms with Crippen molar-refractivity contribution >= 4 is 34.7 Å². The predicted octanol–water partition coefficient (Wildman–Crippen LogP) is 4.97. The standard InChI is InChI=1S/C22H21FN2O2S/c1-15-11-19(24-9-5-6-10-24)18(23)12-17(15)13-20-21(26)25(22(27)28-20)14-16-7-3-2-4-8-16/h2-4,7-8,11-13H,5-6,9-10,14H2,1H3/b20-13-. The van der Waals surface area contributed by atoms with Crippen LogP contribution in [0.3, 0.4) is 0 Å². The number of imide groups is 1. The minimum atomic E-state index is -0.331. The van der Waals surface area contributed by atoms with Crippen LogP contribution in [0.15, 0.2) is 47.4 Å². The summed E-state index contributed by atoms with van der Waals surface area (Å²) in [5, 5.41) is -0.299. The summed E-state index contributed by atoms with van der Waals surface area (Å²) in [4.78, 5) is 28.6. The zero-order chi connectivity index (χ0) is 19.7. The number of aryl methyl sites for hydroxylation is 1. The molecule has 0 spiro atoms. The number of halogens is 1. The summed E-state index contributed by atoms with van der Waals surface area (Å²) in [5.41, 5.74) is 3.02. The maximum atomic E-state index is 14.7. The van der Waals surface area contributed by atoms with Gasteiger partial charge < -0.3 is 4.90 Å². The highest BCUT2D eigenvalue weighted by atomic mass is 32.2. The van der Waals surface area contributed by atoms with Crippen LogP contribution in [0.5, 0.6) is 0 Å². The normalized spacial score (nSPS) is 18.6. The van der Waals surface area contributed by atoms with Crippen molar-refractivity contribution in [3.05, 3.63) is 69.9 Å². The second-order valence-corrected chi connectivity index (χ2v) is 8.10. The van der Waals surface area contributed by atoms with E-state index in [0.29, 0.717) is 16.2 Å². The Kier molecular flexibility index (Phi) is 5.22. The first-order valence-corrected chi connectivity index (χ1v) is 10.2. The molecule has 0 N–H and O–H groups in total. The number of thioether (sulfide) groups is 1. The van der Waals surface area contributed by atoms with Crippen LogP contribution < -0.4 is 4.90 Å². The number of hydrogen-bond acceptors (Lipinski definition) is 4. The number of carbonyl (C=O) groups is 2. The first-order valence-electron chi connectivity index (χ1n) is 9.37. The van der Waals surface area contributed by atoms with Gasteiger partial charge in [0.25, 0.3) is 11.1 Å². The molecule has 4 nitrogen and oxygen atoms in total. The van der Waals surface area contributed by atoms with Gasteiger partial charge in [-0.2, -0.15) is 0 Å². The lowest BCUT2D eigenvalue weighted by molar-refractivity contribution is -0.123. The van der Waals surface area contributed by atoms with E-state index in [1.54, 1.807) is 6.08 Å². The fraction of sp³-hybridized carbons (Fsp3) is 0.273. The predicted molar refractivity (Wildman–Crippen MR) is 111 cm³/mol. The van der Waals surface area contributed by atoms with Crippen molar-refractivity contribution in [3.8, 4) is 0 Å². The molecule has 4 rings (SSSR count). The number of anilines is 1. The van der Waals surface area contributed by atoms with E-state index in [1.165, 1.54) is 11.0 Å². The van der Waals surface area contributed by atoms with Crippen molar-refractivity contribution in [2.45, 2.75) is 26.3 Å². The lowest BCUT2D eigenvalue weighted by Gasteiger charge is -2.19. The molecule has 0 bridgehead atoms. The molecule has 6 heteroatoms. The van der Waals surface area contributed by atoms with Gasteiger partial charge >= 0.3 is 0 Å². The SMILES string of the molecule is Cc1cc(N2CCCC2)c(F)cc1/C=C1\SC(=O)N(Cc2ccccc2)C1=O. The average molecular weight is 396 g/mol. The number of hydrogen-bond donors (Lipinski definition) is 0. The molecular formula is C22H21FN2O2S. The molecule has 0 aromatic heterocycles. The minimum absolute atomic E-state index is 0.240.